The average Bonchev–Trinajstić information content (AvgIpc) is 2.82. The second-order valence-corrected chi connectivity index (χ2v) is 5.11. The van der Waals surface area contributed by atoms with E-state index in [0.717, 1.165) is 42.9 Å². The molecule has 1 saturated heterocycles. The summed E-state index contributed by atoms with van der Waals surface area (Å²) in [5, 5.41) is 7.97. The smallest absolute Gasteiger partial charge is 0.123 e. The largest absolute Gasteiger partial charge is 0.317 e. The third kappa shape index (κ3) is 2.54. The number of nitrogens with zero attached hydrogens (tertiary/aromatic N) is 2. The highest BCUT2D eigenvalue weighted by atomic mass is 19.1. The lowest BCUT2D eigenvalue weighted by Gasteiger charge is -2.20. The number of piperidine rings is 1. The fraction of sp³-hybridized carbons (Fsp3) is 0.400. The highest BCUT2D eigenvalue weighted by Crippen LogP contribution is 2.28. The van der Waals surface area contributed by atoms with Crippen LogP contribution in [0.1, 0.15) is 24.5 Å². The molecule has 4 heteroatoms. The van der Waals surface area contributed by atoms with Crippen LogP contribution in [0.4, 0.5) is 4.39 Å². The summed E-state index contributed by atoms with van der Waals surface area (Å²) in [5.41, 5.74) is 2.99. The van der Waals surface area contributed by atoms with Gasteiger partial charge in [0, 0.05) is 18.5 Å². The second-order valence-electron chi connectivity index (χ2n) is 5.11. The highest BCUT2D eigenvalue weighted by molar-refractivity contribution is 5.60. The lowest BCUT2D eigenvalue weighted by molar-refractivity contribution is 0.450. The van der Waals surface area contributed by atoms with Crippen molar-refractivity contribution < 1.29 is 4.39 Å². The highest BCUT2D eigenvalue weighted by Gasteiger charge is 2.19. The third-order valence-corrected chi connectivity index (χ3v) is 3.78. The van der Waals surface area contributed by atoms with E-state index in [4.69, 9.17) is 0 Å². The Balaban J connectivity index is 1.92. The first-order valence-electron chi connectivity index (χ1n) is 6.74. The van der Waals surface area contributed by atoms with Crippen LogP contribution in [-0.2, 0) is 7.05 Å². The molecule has 1 aliphatic heterocycles. The third-order valence-electron chi connectivity index (χ3n) is 3.78. The standard InChI is InChI=1S/C15H18FN3/c1-19-15(12-3-2-4-13(16)9-12)10-14(18-19)11-5-7-17-8-6-11/h2-4,9-11,17H,5-8H2,1H3. The Bertz CT molecular complexity index is 571. The molecule has 0 amide bonds. The zero-order valence-corrected chi connectivity index (χ0v) is 11.1. The zero-order valence-electron chi connectivity index (χ0n) is 11.1. The molecular formula is C15H18FN3. The van der Waals surface area contributed by atoms with Gasteiger partial charge in [-0.2, -0.15) is 5.10 Å². The van der Waals surface area contributed by atoms with Gasteiger partial charge in [-0.05, 0) is 44.1 Å². The quantitative estimate of drug-likeness (QED) is 0.898. The monoisotopic (exact) mass is 259 g/mol. The van der Waals surface area contributed by atoms with Gasteiger partial charge in [0.25, 0.3) is 0 Å². The van der Waals surface area contributed by atoms with Gasteiger partial charge in [0.1, 0.15) is 5.82 Å². The van der Waals surface area contributed by atoms with Crippen LogP contribution in [0, 0.1) is 5.82 Å². The van der Waals surface area contributed by atoms with Crippen LogP contribution >= 0.6 is 0 Å². The summed E-state index contributed by atoms with van der Waals surface area (Å²) < 4.78 is 15.2. The lowest BCUT2D eigenvalue weighted by Crippen LogP contribution is -2.26. The number of hydrogen-bond acceptors (Lipinski definition) is 2. The number of hydrogen-bond donors (Lipinski definition) is 1. The van der Waals surface area contributed by atoms with Crippen LogP contribution < -0.4 is 5.32 Å². The number of aromatic nitrogens is 2. The maximum absolute atomic E-state index is 13.3. The molecule has 3 rings (SSSR count). The summed E-state index contributed by atoms with van der Waals surface area (Å²) in [4.78, 5) is 0. The van der Waals surface area contributed by atoms with Gasteiger partial charge in [-0.3, -0.25) is 4.68 Å². The SMILES string of the molecule is Cn1nc(C2CCNCC2)cc1-c1cccc(F)c1. The fourth-order valence-corrected chi connectivity index (χ4v) is 2.72. The maximum atomic E-state index is 13.3. The minimum Gasteiger partial charge on any atom is -0.317 e. The minimum atomic E-state index is -0.206. The predicted octanol–water partition coefficient (Wildman–Crippen LogP) is 2.69. The Kier molecular flexibility index (Phi) is 3.34. The van der Waals surface area contributed by atoms with Gasteiger partial charge in [0.05, 0.1) is 11.4 Å². The van der Waals surface area contributed by atoms with Gasteiger partial charge in [-0.25, -0.2) is 4.39 Å². The molecular weight excluding hydrogens is 241 g/mol. The molecule has 0 bridgehead atoms. The molecule has 100 valence electrons. The molecule has 0 unspecified atom stereocenters. The molecule has 1 N–H and O–H groups in total. The summed E-state index contributed by atoms with van der Waals surface area (Å²) in [6, 6.07) is 8.79. The molecule has 1 aliphatic rings. The fourth-order valence-electron chi connectivity index (χ4n) is 2.72. The maximum Gasteiger partial charge on any atom is 0.123 e. The van der Waals surface area contributed by atoms with E-state index in [1.54, 1.807) is 12.1 Å². The molecule has 0 aliphatic carbocycles. The van der Waals surface area contributed by atoms with Gasteiger partial charge >= 0.3 is 0 Å². The van der Waals surface area contributed by atoms with Crippen molar-refractivity contribution in [1.82, 2.24) is 15.1 Å². The van der Waals surface area contributed by atoms with E-state index in [2.05, 4.69) is 16.5 Å². The Hall–Kier alpha value is -1.68. The molecule has 0 atom stereocenters. The van der Waals surface area contributed by atoms with Gasteiger partial charge in [-0.1, -0.05) is 12.1 Å². The Morgan fingerprint density at radius 2 is 2.05 bits per heavy atom. The van der Waals surface area contributed by atoms with Crippen molar-refractivity contribution in [3.05, 3.63) is 41.8 Å². The van der Waals surface area contributed by atoms with Crippen LogP contribution in [0.2, 0.25) is 0 Å². The Morgan fingerprint density at radius 3 is 2.79 bits per heavy atom. The van der Waals surface area contributed by atoms with Crippen molar-refractivity contribution >= 4 is 0 Å². The number of benzene rings is 1. The van der Waals surface area contributed by atoms with Crippen LogP contribution in [0.5, 0.6) is 0 Å². The van der Waals surface area contributed by atoms with Gasteiger partial charge in [0.15, 0.2) is 0 Å². The summed E-state index contributed by atoms with van der Waals surface area (Å²) in [6.45, 7) is 2.10. The van der Waals surface area contributed by atoms with E-state index >= 15 is 0 Å². The van der Waals surface area contributed by atoms with Crippen LogP contribution in [0.3, 0.4) is 0 Å². The van der Waals surface area contributed by atoms with E-state index in [9.17, 15) is 4.39 Å². The molecule has 1 aromatic heterocycles. The topological polar surface area (TPSA) is 29.9 Å². The molecule has 19 heavy (non-hydrogen) atoms. The molecule has 2 heterocycles. The van der Waals surface area contributed by atoms with Crippen LogP contribution in [0.25, 0.3) is 11.3 Å². The number of aryl methyl sites for hydroxylation is 1. The Morgan fingerprint density at radius 1 is 1.26 bits per heavy atom. The van der Waals surface area contributed by atoms with Crippen molar-refractivity contribution in [2.75, 3.05) is 13.1 Å². The molecule has 0 spiro atoms. The predicted molar refractivity (Wildman–Crippen MR) is 73.4 cm³/mol. The molecule has 0 saturated carbocycles. The van der Waals surface area contributed by atoms with E-state index in [1.165, 1.54) is 6.07 Å². The number of nitrogens with one attached hydrogen (secondary N) is 1. The van der Waals surface area contributed by atoms with Crippen molar-refractivity contribution in [1.29, 1.82) is 0 Å². The first-order valence-corrected chi connectivity index (χ1v) is 6.74. The molecule has 0 radical (unpaired) electrons. The summed E-state index contributed by atoms with van der Waals surface area (Å²) in [7, 11) is 1.92. The Labute approximate surface area is 112 Å². The average molecular weight is 259 g/mol. The van der Waals surface area contributed by atoms with Crippen molar-refractivity contribution in [3.8, 4) is 11.3 Å². The normalized spacial score (nSPS) is 16.7. The van der Waals surface area contributed by atoms with E-state index < -0.39 is 0 Å². The zero-order chi connectivity index (χ0) is 13.2. The molecule has 3 nitrogen and oxygen atoms in total. The summed E-state index contributed by atoms with van der Waals surface area (Å²) in [6.07, 6.45) is 2.25. The van der Waals surface area contributed by atoms with E-state index in [1.807, 2.05) is 17.8 Å². The summed E-state index contributed by atoms with van der Waals surface area (Å²) in [5.74, 6) is 0.317. The summed E-state index contributed by atoms with van der Waals surface area (Å²) >= 11 is 0. The van der Waals surface area contributed by atoms with Crippen molar-refractivity contribution in [3.63, 3.8) is 0 Å². The van der Waals surface area contributed by atoms with Crippen LogP contribution in [-0.4, -0.2) is 22.9 Å². The van der Waals surface area contributed by atoms with Crippen molar-refractivity contribution in [2.24, 2.45) is 7.05 Å². The van der Waals surface area contributed by atoms with E-state index in [0.29, 0.717) is 5.92 Å². The minimum absolute atomic E-state index is 0.206. The van der Waals surface area contributed by atoms with Gasteiger partial charge < -0.3 is 5.32 Å². The molecule has 1 aromatic carbocycles. The second kappa shape index (κ2) is 5.13. The lowest BCUT2D eigenvalue weighted by atomic mass is 9.94. The molecule has 2 aromatic rings. The first kappa shape index (κ1) is 12.4. The number of rotatable bonds is 2. The molecule has 1 fully saturated rings. The van der Waals surface area contributed by atoms with E-state index in [-0.39, 0.29) is 5.82 Å². The first-order chi connectivity index (χ1) is 9.24. The van der Waals surface area contributed by atoms with Crippen molar-refractivity contribution in [2.45, 2.75) is 18.8 Å². The number of halogens is 1. The van der Waals surface area contributed by atoms with Crippen LogP contribution in [0.15, 0.2) is 30.3 Å². The van der Waals surface area contributed by atoms with Gasteiger partial charge in [-0.15, -0.1) is 0 Å². The van der Waals surface area contributed by atoms with Gasteiger partial charge in [0.2, 0.25) is 0 Å².